The fourth-order valence-electron chi connectivity index (χ4n) is 3.77. The van der Waals surface area contributed by atoms with E-state index in [1.54, 1.807) is 0 Å². The van der Waals surface area contributed by atoms with Gasteiger partial charge >= 0.3 is 5.69 Å². The van der Waals surface area contributed by atoms with Crippen LogP contribution in [0, 0.1) is 0 Å². The summed E-state index contributed by atoms with van der Waals surface area (Å²) in [6.07, 6.45) is 3.99. The van der Waals surface area contributed by atoms with Crippen molar-refractivity contribution in [2.45, 2.75) is 25.3 Å². The minimum atomic E-state index is -0.338. The number of aromatic nitrogens is 3. The smallest absolute Gasteiger partial charge is 0.350 e. The molecule has 2 aromatic carbocycles. The number of ether oxygens (including phenoxy) is 1. The van der Waals surface area contributed by atoms with Crippen LogP contribution in [-0.2, 0) is 11.3 Å². The van der Waals surface area contributed by atoms with Gasteiger partial charge in [-0.3, -0.25) is 0 Å². The highest BCUT2D eigenvalue weighted by atomic mass is 35.5. The first-order valence-electron chi connectivity index (χ1n) is 10.1. The molecule has 0 unspecified atom stereocenters. The van der Waals surface area contributed by atoms with Gasteiger partial charge in [0.1, 0.15) is 6.33 Å². The molecule has 6 nitrogen and oxygen atoms in total. The normalized spacial score (nSPS) is 15.0. The first-order chi connectivity index (χ1) is 14.7. The highest BCUT2D eigenvalue weighted by Crippen LogP contribution is 2.29. The molecule has 2 N–H and O–H groups in total. The molecule has 0 bridgehead atoms. The van der Waals surface area contributed by atoms with Crippen molar-refractivity contribution in [3.63, 3.8) is 0 Å². The molecule has 164 valence electrons. The summed E-state index contributed by atoms with van der Waals surface area (Å²) >= 11 is 0. The Morgan fingerprint density at radius 1 is 1.16 bits per heavy atom. The zero-order valence-corrected chi connectivity index (χ0v) is 17.9. The van der Waals surface area contributed by atoms with Crippen molar-refractivity contribution in [2.24, 2.45) is 5.73 Å². The van der Waals surface area contributed by atoms with E-state index in [4.69, 9.17) is 10.5 Å². The number of rotatable bonds is 6. The lowest BCUT2D eigenvalue weighted by atomic mass is 9.90. The van der Waals surface area contributed by atoms with E-state index in [0.717, 1.165) is 37.2 Å². The van der Waals surface area contributed by atoms with Gasteiger partial charge in [-0.2, -0.15) is 5.10 Å². The molecule has 1 aromatic heterocycles. The van der Waals surface area contributed by atoms with Crippen LogP contribution in [0.2, 0.25) is 0 Å². The Labute approximate surface area is 186 Å². The average molecular weight is 445 g/mol. The number of hydrogen-bond acceptors (Lipinski definition) is 4. The van der Waals surface area contributed by atoms with Gasteiger partial charge in [-0.15, -0.1) is 12.4 Å². The highest BCUT2D eigenvalue weighted by Gasteiger charge is 2.16. The lowest BCUT2D eigenvalue weighted by molar-refractivity contribution is 0.0853. The monoisotopic (exact) mass is 444 g/mol. The number of nitrogens with two attached hydrogens (primary N) is 1. The second-order valence-corrected chi connectivity index (χ2v) is 7.47. The van der Waals surface area contributed by atoms with Crippen LogP contribution >= 0.6 is 12.4 Å². The molecular formula is C23H26ClFN4O2. The van der Waals surface area contributed by atoms with Crippen LogP contribution in [0.3, 0.4) is 0 Å². The maximum absolute atomic E-state index is 12.8. The maximum Gasteiger partial charge on any atom is 0.350 e. The summed E-state index contributed by atoms with van der Waals surface area (Å²) in [6, 6.07) is 16.3. The Balaban J connectivity index is 0.00000272. The molecule has 1 saturated heterocycles. The Morgan fingerprint density at radius 3 is 2.58 bits per heavy atom. The number of benzene rings is 2. The summed E-state index contributed by atoms with van der Waals surface area (Å²) in [5, 5.41) is 4.09. The van der Waals surface area contributed by atoms with Gasteiger partial charge in [0, 0.05) is 19.8 Å². The van der Waals surface area contributed by atoms with Crippen molar-refractivity contribution in [2.75, 3.05) is 19.8 Å². The first kappa shape index (κ1) is 22.9. The molecule has 0 aliphatic carbocycles. The highest BCUT2D eigenvalue weighted by molar-refractivity contribution is 5.85. The predicted molar refractivity (Wildman–Crippen MR) is 122 cm³/mol. The first-order valence-corrected chi connectivity index (χ1v) is 10.1. The van der Waals surface area contributed by atoms with Crippen molar-refractivity contribution in [1.82, 2.24) is 14.3 Å². The molecule has 0 saturated carbocycles. The van der Waals surface area contributed by atoms with Crippen LogP contribution < -0.4 is 11.4 Å². The number of nitrogens with zero attached hydrogens (tertiary/aromatic N) is 3. The minimum Gasteiger partial charge on any atom is -0.381 e. The topological polar surface area (TPSA) is 75.1 Å². The Morgan fingerprint density at radius 2 is 1.90 bits per heavy atom. The molecule has 4 rings (SSSR count). The summed E-state index contributed by atoms with van der Waals surface area (Å²) < 4.78 is 20.9. The average Bonchev–Trinajstić information content (AvgIpc) is 3.18. The van der Waals surface area contributed by atoms with Gasteiger partial charge in [-0.1, -0.05) is 36.4 Å². The van der Waals surface area contributed by atoms with Crippen LogP contribution in [-0.4, -0.2) is 34.1 Å². The quantitative estimate of drug-likeness (QED) is 0.627. The second-order valence-electron chi connectivity index (χ2n) is 7.47. The predicted octanol–water partition coefficient (Wildman–Crippen LogP) is 3.83. The summed E-state index contributed by atoms with van der Waals surface area (Å²) in [6.45, 7) is 1.72. The SMILES string of the molecule is Cl.NC/C(=C\F)Cn1ncn(-c2cccc(-c3ccc(C4CCOCC4)cc3)c2)c1=O. The molecule has 0 amide bonds. The lowest BCUT2D eigenvalue weighted by Crippen LogP contribution is -2.25. The van der Waals surface area contributed by atoms with Crippen LogP contribution in [0.1, 0.15) is 24.3 Å². The summed E-state index contributed by atoms with van der Waals surface area (Å²) in [5.41, 5.74) is 9.58. The van der Waals surface area contributed by atoms with Crippen LogP contribution in [0.5, 0.6) is 0 Å². The standard InChI is InChI=1S/C23H25FN4O2.ClH/c24-13-17(14-25)15-28-23(29)27(16-26-28)22-3-1-2-21(12-22)19-6-4-18(5-7-19)20-8-10-30-11-9-20;/h1-7,12-13,16,20H,8-11,14-15,25H2;1H/b17-13+;. The van der Waals surface area contributed by atoms with Crippen molar-refractivity contribution >= 4 is 12.4 Å². The van der Waals surface area contributed by atoms with Gasteiger partial charge in [-0.25, -0.2) is 18.4 Å². The van der Waals surface area contributed by atoms with Crippen molar-refractivity contribution in [3.05, 3.63) is 82.8 Å². The van der Waals surface area contributed by atoms with E-state index in [1.807, 2.05) is 24.3 Å². The van der Waals surface area contributed by atoms with Gasteiger partial charge in [0.05, 0.1) is 18.6 Å². The fraction of sp³-hybridized carbons (Fsp3) is 0.304. The molecule has 0 spiro atoms. The van der Waals surface area contributed by atoms with Gasteiger partial charge < -0.3 is 10.5 Å². The van der Waals surface area contributed by atoms with E-state index in [2.05, 4.69) is 29.4 Å². The van der Waals surface area contributed by atoms with E-state index in [-0.39, 0.29) is 31.2 Å². The zero-order valence-electron chi connectivity index (χ0n) is 17.1. The van der Waals surface area contributed by atoms with Gasteiger partial charge in [0.25, 0.3) is 0 Å². The third kappa shape index (κ3) is 5.12. The van der Waals surface area contributed by atoms with E-state index >= 15 is 0 Å². The van der Waals surface area contributed by atoms with Gasteiger partial charge in [0.15, 0.2) is 0 Å². The molecule has 0 radical (unpaired) electrons. The van der Waals surface area contributed by atoms with E-state index < -0.39 is 0 Å². The van der Waals surface area contributed by atoms with E-state index in [1.165, 1.54) is 21.1 Å². The van der Waals surface area contributed by atoms with Crippen molar-refractivity contribution in [3.8, 4) is 16.8 Å². The number of halogens is 2. The van der Waals surface area contributed by atoms with Crippen LogP contribution in [0.4, 0.5) is 4.39 Å². The van der Waals surface area contributed by atoms with E-state index in [0.29, 0.717) is 23.5 Å². The minimum absolute atomic E-state index is 0. The second kappa shape index (κ2) is 10.5. The molecule has 8 heteroatoms. The third-order valence-electron chi connectivity index (χ3n) is 5.56. The van der Waals surface area contributed by atoms with Crippen LogP contribution in [0.15, 0.2) is 71.6 Å². The number of hydrogen-bond donors (Lipinski definition) is 1. The Hall–Kier alpha value is -2.74. The lowest BCUT2D eigenvalue weighted by Gasteiger charge is -2.22. The molecule has 31 heavy (non-hydrogen) atoms. The molecule has 1 aliphatic rings. The Bertz CT molecular complexity index is 1090. The largest absolute Gasteiger partial charge is 0.381 e. The fourth-order valence-corrected chi connectivity index (χ4v) is 3.77. The van der Waals surface area contributed by atoms with Gasteiger partial charge in [0.2, 0.25) is 0 Å². The molecule has 3 aromatic rings. The summed E-state index contributed by atoms with van der Waals surface area (Å²) in [4.78, 5) is 12.7. The van der Waals surface area contributed by atoms with Crippen molar-refractivity contribution in [1.29, 1.82) is 0 Å². The molecule has 0 atom stereocenters. The molecular weight excluding hydrogens is 419 g/mol. The van der Waals surface area contributed by atoms with Gasteiger partial charge in [-0.05, 0) is 53.2 Å². The third-order valence-corrected chi connectivity index (χ3v) is 5.56. The summed E-state index contributed by atoms with van der Waals surface area (Å²) in [5.74, 6) is 0.556. The molecule has 1 aliphatic heterocycles. The zero-order chi connectivity index (χ0) is 20.9. The molecule has 1 fully saturated rings. The Kier molecular flexibility index (Phi) is 7.79. The maximum atomic E-state index is 12.8. The summed E-state index contributed by atoms with van der Waals surface area (Å²) in [7, 11) is 0. The van der Waals surface area contributed by atoms with Crippen LogP contribution in [0.25, 0.3) is 16.8 Å². The molecule has 2 heterocycles. The van der Waals surface area contributed by atoms with E-state index in [9.17, 15) is 9.18 Å². The van der Waals surface area contributed by atoms with Crippen molar-refractivity contribution < 1.29 is 9.13 Å².